The largest absolute Gasteiger partial charge is 0.465 e. The van der Waals surface area contributed by atoms with Crippen molar-refractivity contribution in [1.82, 2.24) is 0 Å². The van der Waals surface area contributed by atoms with Gasteiger partial charge in [0.2, 0.25) is 0 Å². The molecule has 2 heteroatoms. The van der Waals surface area contributed by atoms with Gasteiger partial charge in [0.1, 0.15) is 0 Å². The molecule has 0 radical (unpaired) electrons. The summed E-state index contributed by atoms with van der Waals surface area (Å²) in [5.74, 6) is -0.0961. The lowest BCUT2D eigenvalue weighted by Crippen LogP contribution is -2.20. The van der Waals surface area contributed by atoms with Crippen LogP contribution < -0.4 is 0 Å². The second kappa shape index (κ2) is 9.17. The number of carbonyl (C=O) groups excluding carboxylic acids is 1. The summed E-state index contributed by atoms with van der Waals surface area (Å²) in [5, 5.41) is 0. The SMILES string of the molecule is CCCCOC(=O)C/C=C(\C)CCC1=C(C)CCCC1(C)C. The Morgan fingerprint density at radius 2 is 2.09 bits per heavy atom. The number of rotatable bonds is 8. The summed E-state index contributed by atoms with van der Waals surface area (Å²) in [5.41, 5.74) is 4.87. The molecule has 0 saturated carbocycles. The van der Waals surface area contributed by atoms with E-state index in [1.165, 1.54) is 24.8 Å². The minimum Gasteiger partial charge on any atom is -0.465 e. The van der Waals surface area contributed by atoms with Crippen molar-refractivity contribution in [3.05, 3.63) is 22.8 Å². The zero-order valence-electron chi connectivity index (χ0n) is 15.3. The maximum atomic E-state index is 11.6. The van der Waals surface area contributed by atoms with Gasteiger partial charge in [0.05, 0.1) is 13.0 Å². The normalized spacial score (nSPS) is 18.5. The van der Waals surface area contributed by atoms with Gasteiger partial charge in [-0.1, -0.05) is 50.0 Å². The molecule has 1 aliphatic rings. The lowest BCUT2D eigenvalue weighted by molar-refractivity contribution is -0.142. The van der Waals surface area contributed by atoms with E-state index in [0.29, 0.717) is 18.4 Å². The third-order valence-corrected chi connectivity index (χ3v) is 4.83. The van der Waals surface area contributed by atoms with Crippen molar-refractivity contribution in [1.29, 1.82) is 0 Å². The molecular formula is C20H34O2. The molecule has 0 unspecified atom stereocenters. The quantitative estimate of drug-likeness (QED) is 0.313. The van der Waals surface area contributed by atoms with Gasteiger partial charge >= 0.3 is 5.97 Å². The molecule has 0 fully saturated rings. The van der Waals surface area contributed by atoms with Gasteiger partial charge in [-0.3, -0.25) is 4.79 Å². The van der Waals surface area contributed by atoms with Gasteiger partial charge in [0.25, 0.3) is 0 Å². The zero-order chi connectivity index (χ0) is 16.6. The van der Waals surface area contributed by atoms with Gasteiger partial charge < -0.3 is 4.74 Å². The number of allylic oxidation sites excluding steroid dienone is 3. The summed E-state index contributed by atoms with van der Waals surface area (Å²) < 4.78 is 5.18. The van der Waals surface area contributed by atoms with Crippen LogP contribution in [0.5, 0.6) is 0 Å². The van der Waals surface area contributed by atoms with E-state index in [1.807, 2.05) is 6.08 Å². The van der Waals surface area contributed by atoms with Gasteiger partial charge in [0.15, 0.2) is 0 Å². The topological polar surface area (TPSA) is 26.3 Å². The lowest BCUT2D eigenvalue weighted by Gasteiger charge is -2.34. The minimum absolute atomic E-state index is 0.0961. The molecule has 126 valence electrons. The van der Waals surface area contributed by atoms with Crippen LogP contribution in [-0.4, -0.2) is 12.6 Å². The Kier molecular flexibility index (Phi) is 7.92. The van der Waals surface area contributed by atoms with E-state index in [0.717, 1.165) is 25.7 Å². The predicted molar refractivity (Wildman–Crippen MR) is 93.8 cm³/mol. The van der Waals surface area contributed by atoms with Gasteiger partial charge in [-0.2, -0.15) is 0 Å². The number of ether oxygens (including phenoxy) is 1. The van der Waals surface area contributed by atoms with E-state index in [-0.39, 0.29) is 5.97 Å². The van der Waals surface area contributed by atoms with Crippen molar-refractivity contribution in [3.63, 3.8) is 0 Å². The Balaban J connectivity index is 2.43. The molecule has 0 aliphatic heterocycles. The molecule has 0 aromatic heterocycles. The van der Waals surface area contributed by atoms with Crippen molar-refractivity contribution in [2.75, 3.05) is 6.61 Å². The molecule has 22 heavy (non-hydrogen) atoms. The van der Waals surface area contributed by atoms with E-state index in [2.05, 4.69) is 34.6 Å². The lowest BCUT2D eigenvalue weighted by atomic mass is 9.71. The number of unbranched alkanes of at least 4 members (excludes halogenated alkanes) is 1. The molecule has 0 N–H and O–H groups in total. The van der Waals surface area contributed by atoms with Gasteiger partial charge in [-0.25, -0.2) is 0 Å². The molecule has 0 heterocycles. The van der Waals surface area contributed by atoms with Crippen molar-refractivity contribution < 1.29 is 9.53 Å². The van der Waals surface area contributed by atoms with Crippen LogP contribution in [0.4, 0.5) is 0 Å². The monoisotopic (exact) mass is 306 g/mol. The first-order chi connectivity index (χ1) is 10.4. The van der Waals surface area contributed by atoms with Crippen LogP contribution in [0.1, 0.15) is 86.0 Å². The maximum absolute atomic E-state index is 11.6. The van der Waals surface area contributed by atoms with Gasteiger partial charge in [0, 0.05) is 0 Å². The number of carbonyl (C=O) groups is 1. The predicted octanol–water partition coefficient (Wildman–Crippen LogP) is 5.97. The van der Waals surface area contributed by atoms with Crippen LogP contribution in [0.2, 0.25) is 0 Å². The first-order valence-corrected chi connectivity index (χ1v) is 8.87. The minimum atomic E-state index is -0.0961. The molecule has 0 aromatic carbocycles. The number of hydrogen-bond acceptors (Lipinski definition) is 2. The average molecular weight is 306 g/mol. The summed E-state index contributed by atoms with van der Waals surface area (Å²) in [6, 6.07) is 0. The van der Waals surface area contributed by atoms with Gasteiger partial charge in [-0.15, -0.1) is 0 Å². The van der Waals surface area contributed by atoms with E-state index >= 15 is 0 Å². The molecule has 0 bridgehead atoms. The first kappa shape index (κ1) is 19.0. The van der Waals surface area contributed by atoms with E-state index in [1.54, 1.807) is 11.1 Å². The van der Waals surface area contributed by atoms with Crippen LogP contribution in [0.3, 0.4) is 0 Å². The summed E-state index contributed by atoms with van der Waals surface area (Å²) in [6.07, 6.45) is 10.5. The molecule has 0 spiro atoms. The fourth-order valence-corrected chi connectivity index (χ4v) is 3.30. The van der Waals surface area contributed by atoms with Crippen LogP contribution in [-0.2, 0) is 9.53 Å². The van der Waals surface area contributed by atoms with E-state index in [9.17, 15) is 4.79 Å². The second-order valence-electron chi connectivity index (χ2n) is 7.32. The summed E-state index contributed by atoms with van der Waals surface area (Å²) >= 11 is 0. The standard InChI is InChI=1S/C20H34O2/c1-6-7-15-22-19(21)13-11-16(2)10-12-18-17(3)9-8-14-20(18,4)5/h11H,6-10,12-15H2,1-5H3/b16-11+. The Morgan fingerprint density at radius 3 is 2.73 bits per heavy atom. The van der Waals surface area contributed by atoms with Crippen LogP contribution in [0, 0.1) is 5.41 Å². The third-order valence-electron chi connectivity index (χ3n) is 4.83. The third kappa shape index (κ3) is 6.37. The Morgan fingerprint density at radius 1 is 1.36 bits per heavy atom. The highest BCUT2D eigenvalue weighted by Gasteiger charge is 2.27. The second-order valence-corrected chi connectivity index (χ2v) is 7.32. The van der Waals surface area contributed by atoms with Crippen LogP contribution in [0.25, 0.3) is 0 Å². The summed E-state index contributed by atoms with van der Waals surface area (Å²) in [7, 11) is 0. The summed E-state index contributed by atoms with van der Waals surface area (Å²) in [6.45, 7) is 11.8. The molecule has 0 atom stereocenters. The molecule has 1 rings (SSSR count). The average Bonchev–Trinajstić information content (AvgIpc) is 2.44. The van der Waals surface area contributed by atoms with Crippen LogP contribution >= 0.6 is 0 Å². The maximum Gasteiger partial charge on any atom is 0.309 e. The molecule has 1 aliphatic carbocycles. The fraction of sp³-hybridized carbons (Fsp3) is 0.750. The van der Waals surface area contributed by atoms with Crippen molar-refractivity contribution in [2.45, 2.75) is 86.0 Å². The highest BCUT2D eigenvalue weighted by atomic mass is 16.5. The molecule has 0 saturated heterocycles. The highest BCUT2D eigenvalue weighted by Crippen LogP contribution is 2.42. The summed E-state index contributed by atoms with van der Waals surface area (Å²) in [4.78, 5) is 11.6. The molecular weight excluding hydrogens is 272 g/mol. The van der Waals surface area contributed by atoms with Crippen LogP contribution in [0.15, 0.2) is 22.8 Å². The van der Waals surface area contributed by atoms with E-state index < -0.39 is 0 Å². The first-order valence-electron chi connectivity index (χ1n) is 8.87. The fourth-order valence-electron chi connectivity index (χ4n) is 3.30. The Bertz CT molecular complexity index is 427. The highest BCUT2D eigenvalue weighted by molar-refractivity contribution is 5.71. The molecule has 0 aromatic rings. The van der Waals surface area contributed by atoms with Crippen molar-refractivity contribution >= 4 is 5.97 Å². The number of hydrogen-bond donors (Lipinski definition) is 0. The Hall–Kier alpha value is -1.05. The smallest absolute Gasteiger partial charge is 0.309 e. The Labute approximate surface area is 137 Å². The molecule has 0 amide bonds. The molecule has 2 nitrogen and oxygen atoms in total. The van der Waals surface area contributed by atoms with Crippen molar-refractivity contribution in [3.8, 4) is 0 Å². The van der Waals surface area contributed by atoms with Gasteiger partial charge in [-0.05, 0) is 57.8 Å². The van der Waals surface area contributed by atoms with Crippen molar-refractivity contribution in [2.24, 2.45) is 5.41 Å². The van der Waals surface area contributed by atoms with E-state index in [4.69, 9.17) is 4.74 Å². The zero-order valence-corrected chi connectivity index (χ0v) is 15.3. The number of esters is 1.